The fourth-order valence-electron chi connectivity index (χ4n) is 2.73. The molecule has 0 radical (unpaired) electrons. The Bertz CT molecular complexity index is 466. The van der Waals surface area contributed by atoms with Gasteiger partial charge < -0.3 is 5.32 Å². The summed E-state index contributed by atoms with van der Waals surface area (Å²) in [5.74, 6) is -0.274. The maximum atomic E-state index is 13.0. The van der Waals surface area contributed by atoms with E-state index in [4.69, 9.17) is 0 Å². The van der Waals surface area contributed by atoms with Gasteiger partial charge in [0.1, 0.15) is 11.9 Å². The van der Waals surface area contributed by atoms with Gasteiger partial charge in [-0.15, -0.1) is 0 Å². The summed E-state index contributed by atoms with van der Waals surface area (Å²) in [6.07, 6.45) is 4.23. The smallest absolute Gasteiger partial charge is 0.242 e. The van der Waals surface area contributed by atoms with Gasteiger partial charge in [-0.3, -0.25) is 9.69 Å². The first kappa shape index (κ1) is 15.0. The van der Waals surface area contributed by atoms with Gasteiger partial charge in [-0.2, -0.15) is 0 Å². The predicted octanol–water partition coefficient (Wildman–Crippen LogP) is 2.88. The van der Waals surface area contributed by atoms with E-state index in [0.717, 1.165) is 31.2 Å². The molecule has 0 aromatic heterocycles. The molecule has 110 valence electrons. The van der Waals surface area contributed by atoms with Crippen molar-refractivity contribution in [3.8, 4) is 0 Å². The molecule has 2 rings (SSSR count). The second-order valence-electron chi connectivity index (χ2n) is 5.94. The van der Waals surface area contributed by atoms with E-state index in [-0.39, 0.29) is 23.3 Å². The number of carbonyl (C=O) groups is 1. The minimum atomic E-state index is -0.370. The van der Waals surface area contributed by atoms with Gasteiger partial charge in [0.2, 0.25) is 5.91 Å². The minimum Gasteiger partial charge on any atom is -0.349 e. The number of benzene rings is 1. The molecular weight excluding hydrogens is 255 g/mol. The van der Waals surface area contributed by atoms with Crippen LogP contribution in [0.25, 0.3) is 0 Å². The van der Waals surface area contributed by atoms with Gasteiger partial charge in [0.15, 0.2) is 0 Å². The molecule has 0 saturated heterocycles. The van der Waals surface area contributed by atoms with E-state index in [1.165, 1.54) is 12.1 Å². The molecule has 3 nitrogen and oxygen atoms in total. The average molecular weight is 278 g/mol. The van der Waals surface area contributed by atoms with Crippen LogP contribution in [0.3, 0.4) is 0 Å². The summed E-state index contributed by atoms with van der Waals surface area (Å²) < 4.78 is 13.0. The zero-order chi connectivity index (χ0) is 14.8. The van der Waals surface area contributed by atoms with E-state index in [9.17, 15) is 9.18 Å². The van der Waals surface area contributed by atoms with Crippen LogP contribution in [0.2, 0.25) is 0 Å². The molecule has 1 aromatic carbocycles. The second-order valence-corrected chi connectivity index (χ2v) is 5.94. The Labute approximate surface area is 120 Å². The van der Waals surface area contributed by atoms with Crippen molar-refractivity contribution in [3.05, 3.63) is 35.6 Å². The lowest BCUT2D eigenvalue weighted by atomic mass is 10.0. The Hall–Kier alpha value is -1.42. The molecule has 0 spiro atoms. The van der Waals surface area contributed by atoms with Crippen LogP contribution in [0.1, 0.15) is 44.2 Å². The summed E-state index contributed by atoms with van der Waals surface area (Å²) in [4.78, 5) is 14.4. The first-order chi connectivity index (χ1) is 9.47. The molecule has 1 saturated carbocycles. The number of hydrogen-bond acceptors (Lipinski definition) is 2. The summed E-state index contributed by atoms with van der Waals surface area (Å²) in [5.41, 5.74) is 0.835. The van der Waals surface area contributed by atoms with Crippen LogP contribution in [0.15, 0.2) is 24.3 Å². The van der Waals surface area contributed by atoms with Crippen molar-refractivity contribution in [1.82, 2.24) is 10.2 Å². The van der Waals surface area contributed by atoms with Gasteiger partial charge in [-0.05, 0) is 51.1 Å². The standard InChI is InChI=1S/C16H23FN2O/c1-4-9-16(10-11-16)18-15(20)14(19(2)3)12-5-7-13(17)8-6-12/h5-8,14H,4,9-11H2,1-3H3,(H,18,20). The van der Waals surface area contributed by atoms with Gasteiger partial charge in [-0.1, -0.05) is 25.5 Å². The maximum absolute atomic E-state index is 13.0. The largest absolute Gasteiger partial charge is 0.349 e. The van der Waals surface area contributed by atoms with Crippen molar-refractivity contribution < 1.29 is 9.18 Å². The number of nitrogens with one attached hydrogen (secondary N) is 1. The Balaban J connectivity index is 2.12. The van der Waals surface area contributed by atoms with Crippen LogP contribution in [0, 0.1) is 5.82 Å². The van der Waals surface area contributed by atoms with Crippen LogP contribution >= 0.6 is 0 Å². The lowest BCUT2D eigenvalue weighted by molar-refractivity contribution is -0.126. The molecule has 20 heavy (non-hydrogen) atoms. The summed E-state index contributed by atoms with van der Waals surface area (Å²) in [6, 6.07) is 5.79. The van der Waals surface area contributed by atoms with Gasteiger partial charge >= 0.3 is 0 Å². The minimum absolute atomic E-state index is 0.00700. The summed E-state index contributed by atoms with van der Waals surface area (Å²) in [7, 11) is 3.74. The van der Waals surface area contributed by atoms with Crippen LogP contribution in [-0.4, -0.2) is 30.4 Å². The highest BCUT2D eigenvalue weighted by atomic mass is 19.1. The van der Waals surface area contributed by atoms with Crippen LogP contribution in [-0.2, 0) is 4.79 Å². The van der Waals surface area contributed by atoms with Crippen LogP contribution in [0.5, 0.6) is 0 Å². The monoisotopic (exact) mass is 278 g/mol. The Kier molecular flexibility index (Phi) is 4.43. The maximum Gasteiger partial charge on any atom is 0.242 e. The molecule has 1 unspecified atom stereocenters. The third-order valence-electron chi connectivity index (χ3n) is 3.92. The van der Waals surface area contributed by atoms with Crippen LogP contribution in [0.4, 0.5) is 4.39 Å². The normalized spacial score (nSPS) is 17.9. The lowest BCUT2D eigenvalue weighted by Crippen LogP contribution is -2.43. The number of hydrogen-bond donors (Lipinski definition) is 1. The van der Waals surface area contributed by atoms with Crippen molar-refractivity contribution in [2.75, 3.05) is 14.1 Å². The summed E-state index contributed by atoms with van der Waals surface area (Å²) in [6.45, 7) is 2.13. The van der Waals surface area contributed by atoms with E-state index in [2.05, 4.69) is 12.2 Å². The third-order valence-corrected chi connectivity index (χ3v) is 3.92. The topological polar surface area (TPSA) is 32.3 Å². The van der Waals surface area contributed by atoms with Gasteiger partial charge in [0.05, 0.1) is 0 Å². The molecule has 0 aliphatic heterocycles. The molecule has 0 heterocycles. The molecule has 0 bridgehead atoms. The second kappa shape index (κ2) is 5.92. The molecule has 1 N–H and O–H groups in total. The molecule has 1 fully saturated rings. The van der Waals surface area contributed by atoms with Crippen molar-refractivity contribution in [1.29, 1.82) is 0 Å². The quantitative estimate of drug-likeness (QED) is 0.868. The molecule has 1 amide bonds. The van der Waals surface area contributed by atoms with Gasteiger partial charge in [0.25, 0.3) is 0 Å². The lowest BCUT2D eigenvalue weighted by Gasteiger charge is -2.27. The fourth-order valence-corrected chi connectivity index (χ4v) is 2.73. The van der Waals surface area contributed by atoms with E-state index in [1.807, 2.05) is 19.0 Å². The molecular formula is C16H23FN2O. The van der Waals surface area contributed by atoms with Crippen molar-refractivity contribution in [2.45, 2.75) is 44.2 Å². The number of likely N-dealkylation sites (N-methyl/N-ethyl adjacent to an activating group) is 1. The van der Waals surface area contributed by atoms with Gasteiger partial charge in [-0.25, -0.2) is 4.39 Å². The highest BCUT2D eigenvalue weighted by molar-refractivity contribution is 5.84. The van der Waals surface area contributed by atoms with Gasteiger partial charge in [0, 0.05) is 5.54 Å². The number of rotatable bonds is 6. The van der Waals surface area contributed by atoms with Crippen molar-refractivity contribution >= 4 is 5.91 Å². The summed E-state index contributed by atoms with van der Waals surface area (Å²) >= 11 is 0. The Morgan fingerprint density at radius 2 is 1.95 bits per heavy atom. The van der Waals surface area contributed by atoms with E-state index >= 15 is 0 Å². The molecule has 1 aliphatic carbocycles. The van der Waals surface area contributed by atoms with E-state index in [1.54, 1.807) is 12.1 Å². The highest BCUT2D eigenvalue weighted by Crippen LogP contribution is 2.40. The number of amides is 1. The molecule has 4 heteroatoms. The Morgan fingerprint density at radius 1 is 1.35 bits per heavy atom. The van der Waals surface area contributed by atoms with Crippen LogP contribution < -0.4 is 5.32 Å². The predicted molar refractivity (Wildman–Crippen MR) is 77.8 cm³/mol. The molecule has 1 aromatic rings. The SMILES string of the molecule is CCCC1(NC(=O)C(c2ccc(F)cc2)N(C)C)CC1. The highest BCUT2D eigenvalue weighted by Gasteiger charge is 2.44. The molecule has 1 atom stereocenters. The fraction of sp³-hybridized carbons (Fsp3) is 0.562. The number of carbonyl (C=O) groups excluding carboxylic acids is 1. The number of halogens is 1. The van der Waals surface area contributed by atoms with Crippen molar-refractivity contribution in [3.63, 3.8) is 0 Å². The van der Waals surface area contributed by atoms with E-state index in [0.29, 0.717) is 0 Å². The van der Waals surface area contributed by atoms with Crippen molar-refractivity contribution in [2.24, 2.45) is 0 Å². The number of nitrogens with zero attached hydrogens (tertiary/aromatic N) is 1. The Morgan fingerprint density at radius 3 is 2.40 bits per heavy atom. The summed E-state index contributed by atoms with van der Waals surface area (Å²) in [5, 5.41) is 3.19. The third kappa shape index (κ3) is 3.37. The van der Waals surface area contributed by atoms with E-state index < -0.39 is 0 Å². The average Bonchev–Trinajstić information content (AvgIpc) is 3.11. The first-order valence-corrected chi connectivity index (χ1v) is 7.21. The first-order valence-electron chi connectivity index (χ1n) is 7.21. The zero-order valence-electron chi connectivity index (χ0n) is 12.4. The molecule has 1 aliphatic rings. The zero-order valence-corrected chi connectivity index (χ0v) is 12.4.